The minimum absolute atomic E-state index is 0.0144. The number of hydrogen-bond donors (Lipinski definition) is 3. The van der Waals surface area contributed by atoms with E-state index >= 15 is 0 Å². The van der Waals surface area contributed by atoms with Crippen molar-refractivity contribution in [1.29, 1.82) is 0 Å². The monoisotopic (exact) mass is 667 g/mol. The molecule has 3 N–H and O–H groups in total. The standard InChI is InChI=1S/C41H53N3O5/c1-3-23-44(37-15-6-7-16-37)28-38-26-39(33-20-18-31(29-45)19-21-33)49-41(48-38)36-14-10-13-35(25-36)34-12-9-11-32(24-34)27-43-40(47)17-5-4-8-22-42-30(2)46/h3,9-14,18-21,24-25,37-39,41,45H,1,4-8,15-17,22-23,26-29H2,2H3,(H,42,46)(H,43,47). The van der Waals surface area contributed by atoms with E-state index in [9.17, 15) is 14.7 Å². The highest BCUT2D eigenvalue weighted by molar-refractivity contribution is 5.76. The van der Waals surface area contributed by atoms with Gasteiger partial charge in [-0.05, 0) is 65.6 Å². The molecule has 0 bridgehead atoms. The van der Waals surface area contributed by atoms with Crippen LogP contribution in [0, 0.1) is 0 Å². The van der Waals surface area contributed by atoms with Crippen LogP contribution in [0.25, 0.3) is 11.1 Å². The predicted octanol–water partition coefficient (Wildman–Crippen LogP) is 7.13. The first-order chi connectivity index (χ1) is 23.9. The molecule has 3 atom stereocenters. The summed E-state index contributed by atoms with van der Waals surface area (Å²) < 4.78 is 13.4. The number of carbonyl (C=O) groups is 2. The number of unbranched alkanes of at least 4 members (excludes halogenated alkanes) is 2. The summed E-state index contributed by atoms with van der Waals surface area (Å²) in [7, 11) is 0. The van der Waals surface area contributed by atoms with Crippen LogP contribution in [0.4, 0.5) is 0 Å². The zero-order valence-corrected chi connectivity index (χ0v) is 28.9. The van der Waals surface area contributed by atoms with Crippen molar-refractivity contribution in [3.05, 3.63) is 108 Å². The Balaban J connectivity index is 1.26. The summed E-state index contributed by atoms with van der Waals surface area (Å²) in [6, 6.07) is 25.2. The molecule has 2 aliphatic rings. The Morgan fingerprint density at radius 2 is 1.65 bits per heavy atom. The van der Waals surface area contributed by atoms with Crippen LogP contribution in [-0.2, 0) is 32.2 Å². The summed E-state index contributed by atoms with van der Waals surface area (Å²) in [6.45, 7) is 8.36. The van der Waals surface area contributed by atoms with Gasteiger partial charge in [0.1, 0.15) is 0 Å². The molecule has 3 aromatic carbocycles. The molecule has 1 saturated carbocycles. The number of aliphatic hydroxyl groups is 1. The number of nitrogens with one attached hydrogen (secondary N) is 2. The van der Waals surface area contributed by atoms with Gasteiger partial charge in [-0.1, -0.05) is 86.0 Å². The first kappa shape index (κ1) is 36.5. The van der Waals surface area contributed by atoms with Crippen molar-refractivity contribution >= 4 is 11.8 Å². The number of carbonyl (C=O) groups excluding carboxylic acids is 2. The SMILES string of the molecule is C=CCN(CC1CC(c2ccc(CO)cc2)OC(c2cccc(-c3cccc(CNC(=O)CCCCCNC(C)=O)c3)c2)O1)C1CCCC1. The van der Waals surface area contributed by atoms with Gasteiger partial charge in [-0.3, -0.25) is 14.5 Å². The van der Waals surface area contributed by atoms with Crippen LogP contribution in [0.3, 0.4) is 0 Å². The normalized spacial score (nSPS) is 19.5. The number of amides is 2. The number of ether oxygens (including phenoxy) is 2. The van der Waals surface area contributed by atoms with Gasteiger partial charge in [0, 0.05) is 57.5 Å². The number of rotatable bonds is 17. The fraction of sp³-hybridized carbons (Fsp3) is 0.463. The molecule has 8 heteroatoms. The lowest BCUT2D eigenvalue weighted by Crippen LogP contribution is -2.43. The molecule has 0 aromatic heterocycles. The molecule has 3 aromatic rings. The van der Waals surface area contributed by atoms with Crippen molar-refractivity contribution in [2.75, 3.05) is 19.6 Å². The Morgan fingerprint density at radius 3 is 2.39 bits per heavy atom. The Labute approximate surface area is 291 Å². The van der Waals surface area contributed by atoms with E-state index in [1.54, 1.807) is 0 Å². The summed E-state index contributed by atoms with van der Waals surface area (Å²) in [6.07, 6.45) is 10.1. The van der Waals surface area contributed by atoms with Crippen LogP contribution in [0.15, 0.2) is 85.5 Å². The summed E-state index contributed by atoms with van der Waals surface area (Å²) in [5, 5.41) is 15.4. The van der Waals surface area contributed by atoms with Gasteiger partial charge in [-0.2, -0.15) is 0 Å². The van der Waals surface area contributed by atoms with E-state index in [1.165, 1.54) is 32.6 Å². The van der Waals surface area contributed by atoms with E-state index in [-0.39, 0.29) is 30.6 Å². The summed E-state index contributed by atoms with van der Waals surface area (Å²) in [5.41, 5.74) is 6.09. The second kappa shape index (κ2) is 18.8. The molecule has 2 fully saturated rings. The van der Waals surface area contributed by atoms with Gasteiger partial charge in [0.05, 0.1) is 18.8 Å². The van der Waals surface area contributed by atoms with E-state index in [0.717, 1.165) is 72.2 Å². The van der Waals surface area contributed by atoms with Crippen molar-refractivity contribution < 1.29 is 24.2 Å². The number of hydrogen-bond acceptors (Lipinski definition) is 6. The topological polar surface area (TPSA) is 100 Å². The smallest absolute Gasteiger partial charge is 0.220 e. The van der Waals surface area contributed by atoms with Crippen LogP contribution in [0.1, 0.15) is 99.4 Å². The Hall–Kier alpha value is -3.82. The molecular formula is C41H53N3O5. The fourth-order valence-corrected chi connectivity index (χ4v) is 6.97. The molecule has 1 aliphatic heterocycles. The summed E-state index contributed by atoms with van der Waals surface area (Å²) in [5.74, 6) is 0.0140. The molecule has 1 heterocycles. The minimum atomic E-state index is -0.531. The third kappa shape index (κ3) is 11.1. The highest BCUT2D eigenvalue weighted by Crippen LogP contribution is 2.39. The quantitative estimate of drug-likeness (QED) is 0.105. The molecule has 8 nitrogen and oxygen atoms in total. The van der Waals surface area contributed by atoms with Gasteiger partial charge >= 0.3 is 0 Å². The van der Waals surface area contributed by atoms with E-state index in [1.807, 2.05) is 30.3 Å². The highest BCUT2D eigenvalue weighted by Gasteiger charge is 2.34. The van der Waals surface area contributed by atoms with Gasteiger partial charge in [0.15, 0.2) is 6.29 Å². The van der Waals surface area contributed by atoms with Crippen molar-refractivity contribution in [1.82, 2.24) is 15.5 Å². The van der Waals surface area contributed by atoms with E-state index in [0.29, 0.717) is 25.6 Å². The Morgan fingerprint density at radius 1 is 0.898 bits per heavy atom. The maximum absolute atomic E-state index is 12.5. The molecule has 0 spiro atoms. The average Bonchev–Trinajstić information content (AvgIpc) is 3.67. The largest absolute Gasteiger partial charge is 0.392 e. The van der Waals surface area contributed by atoms with E-state index < -0.39 is 6.29 Å². The number of aliphatic hydroxyl groups excluding tert-OH is 1. The van der Waals surface area contributed by atoms with E-state index in [2.05, 4.69) is 70.6 Å². The first-order valence-electron chi connectivity index (χ1n) is 18.0. The van der Waals surface area contributed by atoms with Crippen LogP contribution in [0.2, 0.25) is 0 Å². The number of benzene rings is 3. The van der Waals surface area contributed by atoms with Gasteiger partial charge < -0.3 is 25.2 Å². The molecule has 5 rings (SSSR count). The lowest BCUT2D eigenvalue weighted by atomic mass is 9.98. The molecule has 0 radical (unpaired) electrons. The third-order valence-electron chi connectivity index (χ3n) is 9.62. The molecule has 2 amide bonds. The van der Waals surface area contributed by atoms with Crippen molar-refractivity contribution in [3.8, 4) is 11.1 Å². The van der Waals surface area contributed by atoms with Crippen molar-refractivity contribution in [2.24, 2.45) is 0 Å². The summed E-state index contributed by atoms with van der Waals surface area (Å²) >= 11 is 0. The molecule has 1 aliphatic carbocycles. The molecular weight excluding hydrogens is 614 g/mol. The zero-order chi connectivity index (χ0) is 34.4. The van der Waals surface area contributed by atoms with Crippen molar-refractivity contribution in [3.63, 3.8) is 0 Å². The average molecular weight is 668 g/mol. The molecule has 49 heavy (non-hydrogen) atoms. The number of nitrogens with zero attached hydrogens (tertiary/aromatic N) is 1. The Bertz CT molecular complexity index is 1500. The maximum Gasteiger partial charge on any atom is 0.220 e. The minimum Gasteiger partial charge on any atom is -0.392 e. The van der Waals surface area contributed by atoms with Gasteiger partial charge in [0.2, 0.25) is 11.8 Å². The molecule has 262 valence electrons. The lowest BCUT2D eigenvalue weighted by molar-refractivity contribution is -0.253. The van der Waals surface area contributed by atoms with Crippen LogP contribution in [0.5, 0.6) is 0 Å². The summed E-state index contributed by atoms with van der Waals surface area (Å²) in [4.78, 5) is 26.0. The predicted molar refractivity (Wildman–Crippen MR) is 193 cm³/mol. The second-order valence-electron chi connectivity index (χ2n) is 13.4. The third-order valence-corrected chi connectivity index (χ3v) is 9.62. The Kier molecular flexibility index (Phi) is 14.0. The van der Waals surface area contributed by atoms with Crippen LogP contribution < -0.4 is 10.6 Å². The second-order valence-corrected chi connectivity index (χ2v) is 13.4. The van der Waals surface area contributed by atoms with E-state index in [4.69, 9.17) is 9.47 Å². The lowest BCUT2D eigenvalue weighted by Gasteiger charge is -2.39. The maximum atomic E-state index is 12.5. The van der Waals surface area contributed by atoms with Crippen LogP contribution >= 0.6 is 0 Å². The molecule has 1 saturated heterocycles. The van der Waals surface area contributed by atoms with Crippen molar-refractivity contribution in [2.45, 2.75) is 102 Å². The highest BCUT2D eigenvalue weighted by atomic mass is 16.7. The van der Waals surface area contributed by atoms with Gasteiger partial charge in [-0.15, -0.1) is 6.58 Å². The van der Waals surface area contributed by atoms with Gasteiger partial charge in [0.25, 0.3) is 0 Å². The van der Waals surface area contributed by atoms with Gasteiger partial charge in [-0.25, -0.2) is 0 Å². The first-order valence-corrected chi connectivity index (χ1v) is 18.0. The van der Waals surface area contributed by atoms with Crippen LogP contribution in [-0.4, -0.2) is 53.6 Å². The zero-order valence-electron chi connectivity index (χ0n) is 28.9. The molecule has 3 unspecified atom stereocenters. The fourth-order valence-electron chi connectivity index (χ4n) is 6.97.